The molecule has 1 N–H and O–H groups in total. The number of fused-ring (bicyclic) bond motifs is 1. The molecule has 0 unspecified atom stereocenters. The van der Waals surface area contributed by atoms with Gasteiger partial charge < -0.3 is 14.6 Å². The lowest BCUT2D eigenvalue weighted by Gasteiger charge is -2.11. The monoisotopic (exact) mass is 402 g/mol. The molecule has 0 aliphatic heterocycles. The van der Waals surface area contributed by atoms with Crippen LogP contribution < -0.4 is 15.6 Å². The molecule has 0 aliphatic carbocycles. The molecular formula is C20H19ClN2O3S. The van der Waals surface area contributed by atoms with Gasteiger partial charge in [0.25, 0.3) is 5.56 Å². The van der Waals surface area contributed by atoms with Gasteiger partial charge in [0.05, 0.1) is 18.4 Å². The zero-order valence-corrected chi connectivity index (χ0v) is 16.6. The normalized spacial score (nSPS) is 10.8. The molecule has 2 aromatic carbocycles. The third-order valence-corrected chi connectivity index (χ3v) is 5.49. The molecule has 0 saturated heterocycles. The number of carbonyl (C=O) groups excluding carboxylic acids is 1. The molecule has 0 atom stereocenters. The minimum atomic E-state index is -0.123. The predicted octanol–water partition coefficient (Wildman–Crippen LogP) is 3.61. The smallest absolute Gasteiger partial charge is 0.251 e. The summed E-state index contributed by atoms with van der Waals surface area (Å²) in [6.45, 7) is 0.381. The highest BCUT2D eigenvalue weighted by Crippen LogP contribution is 2.28. The second-order valence-electron chi connectivity index (χ2n) is 5.94. The zero-order valence-electron chi connectivity index (χ0n) is 15.0. The number of hydrogen-bond donors (Lipinski definition) is 1. The van der Waals surface area contributed by atoms with Gasteiger partial charge in [-0.1, -0.05) is 29.8 Å². The van der Waals surface area contributed by atoms with E-state index in [0.717, 1.165) is 27.1 Å². The topological polar surface area (TPSA) is 60.3 Å². The number of hydrogen-bond acceptors (Lipinski definition) is 4. The Morgan fingerprint density at radius 2 is 2.00 bits per heavy atom. The Hall–Kier alpha value is -2.44. The molecule has 0 spiro atoms. The van der Waals surface area contributed by atoms with Crippen LogP contribution in [-0.2, 0) is 18.4 Å². The minimum absolute atomic E-state index is 0.123. The van der Waals surface area contributed by atoms with Crippen molar-refractivity contribution >= 4 is 40.2 Å². The largest absolute Gasteiger partial charge is 0.496 e. The van der Waals surface area contributed by atoms with E-state index in [1.165, 1.54) is 17.8 Å². The van der Waals surface area contributed by atoms with Crippen molar-refractivity contribution in [3.8, 4) is 5.75 Å². The van der Waals surface area contributed by atoms with E-state index in [2.05, 4.69) is 5.32 Å². The highest BCUT2D eigenvalue weighted by Gasteiger charge is 2.11. The summed E-state index contributed by atoms with van der Waals surface area (Å²) in [5, 5.41) is 4.32. The molecule has 140 valence electrons. The third-order valence-electron chi connectivity index (χ3n) is 4.20. The van der Waals surface area contributed by atoms with Crippen molar-refractivity contribution in [3.63, 3.8) is 0 Å². The molecule has 0 radical (unpaired) electrons. The van der Waals surface area contributed by atoms with Crippen LogP contribution in [0.2, 0.25) is 5.02 Å². The molecule has 27 heavy (non-hydrogen) atoms. The highest BCUT2D eigenvalue weighted by atomic mass is 35.5. The molecule has 5 nitrogen and oxygen atoms in total. The van der Waals surface area contributed by atoms with E-state index in [1.807, 2.05) is 36.4 Å². The number of methoxy groups -OCH3 is 1. The van der Waals surface area contributed by atoms with E-state index in [-0.39, 0.29) is 17.2 Å². The number of pyridine rings is 1. The van der Waals surface area contributed by atoms with Gasteiger partial charge in [0.1, 0.15) is 5.75 Å². The Balaban J connectivity index is 1.71. The van der Waals surface area contributed by atoms with Crippen LogP contribution in [0.5, 0.6) is 5.75 Å². The number of amides is 1. The summed E-state index contributed by atoms with van der Waals surface area (Å²) in [4.78, 5) is 25.2. The van der Waals surface area contributed by atoms with Crippen LogP contribution in [0.15, 0.2) is 58.2 Å². The first kappa shape index (κ1) is 19.3. The van der Waals surface area contributed by atoms with E-state index in [1.54, 1.807) is 24.8 Å². The number of carbonyl (C=O) groups is 1. The number of nitrogens with zero attached hydrogens (tertiary/aromatic N) is 1. The number of para-hydroxylation sites is 1. The molecule has 0 fully saturated rings. The molecule has 3 rings (SSSR count). The lowest BCUT2D eigenvalue weighted by Crippen LogP contribution is -2.25. The van der Waals surface area contributed by atoms with Crippen LogP contribution in [0.25, 0.3) is 10.9 Å². The number of aryl methyl sites for hydroxylation is 1. The van der Waals surface area contributed by atoms with Crippen molar-refractivity contribution in [2.45, 2.75) is 11.4 Å². The molecular weight excluding hydrogens is 384 g/mol. The van der Waals surface area contributed by atoms with Crippen molar-refractivity contribution in [2.75, 3.05) is 12.9 Å². The number of rotatable bonds is 6. The van der Waals surface area contributed by atoms with Crippen molar-refractivity contribution < 1.29 is 9.53 Å². The van der Waals surface area contributed by atoms with Crippen LogP contribution in [0.1, 0.15) is 5.56 Å². The van der Waals surface area contributed by atoms with Gasteiger partial charge in [0.15, 0.2) is 0 Å². The van der Waals surface area contributed by atoms with Crippen LogP contribution >= 0.6 is 23.4 Å². The molecule has 1 amide bonds. The van der Waals surface area contributed by atoms with E-state index in [9.17, 15) is 9.59 Å². The number of thioether (sulfide) groups is 1. The maximum absolute atomic E-state index is 12.3. The van der Waals surface area contributed by atoms with Crippen LogP contribution in [0.4, 0.5) is 0 Å². The summed E-state index contributed by atoms with van der Waals surface area (Å²) in [5.41, 5.74) is 1.56. The summed E-state index contributed by atoms with van der Waals surface area (Å²) in [7, 11) is 3.32. The van der Waals surface area contributed by atoms with Crippen LogP contribution in [-0.4, -0.2) is 23.3 Å². The Labute approximate surface area is 166 Å². The zero-order chi connectivity index (χ0) is 19.4. The van der Waals surface area contributed by atoms with Crippen molar-refractivity contribution in [1.82, 2.24) is 9.88 Å². The molecule has 1 aromatic heterocycles. The molecule has 1 heterocycles. The minimum Gasteiger partial charge on any atom is -0.496 e. The maximum Gasteiger partial charge on any atom is 0.251 e. The average molecular weight is 403 g/mol. The Morgan fingerprint density at radius 1 is 1.22 bits per heavy atom. The fraction of sp³-hybridized carbons (Fsp3) is 0.200. The van der Waals surface area contributed by atoms with Gasteiger partial charge in [-0.15, -0.1) is 11.8 Å². The fourth-order valence-corrected chi connectivity index (χ4v) is 3.82. The van der Waals surface area contributed by atoms with Gasteiger partial charge in [-0.05, 0) is 24.3 Å². The molecule has 7 heteroatoms. The number of nitrogens with one attached hydrogen (secondary N) is 1. The summed E-state index contributed by atoms with van der Waals surface area (Å²) in [5.74, 6) is 0.809. The van der Waals surface area contributed by atoms with Gasteiger partial charge in [0, 0.05) is 40.5 Å². The van der Waals surface area contributed by atoms with Gasteiger partial charge >= 0.3 is 0 Å². The summed E-state index contributed by atoms with van der Waals surface area (Å²) < 4.78 is 6.85. The molecule has 0 bridgehead atoms. The standard InChI is InChI=1S/C20H19ClN2O3S/c1-23-16-8-7-14(21)9-15(16)18(10-20(23)25)27-12-19(24)22-11-13-5-3-4-6-17(13)26-2/h3-10H,11-12H2,1-2H3,(H,22,24). The van der Waals surface area contributed by atoms with E-state index in [4.69, 9.17) is 16.3 Å². The third kappa shape index (κ3) is 4.46. The first-order valence-electron chi connectivity index (χ1n) is 8.30. The second kappa shape index (κ2) is 8.50. The Kier molecular flexibility index (Phi) is 6.08. The lowest BCUT2D eigenvalue weighted by atomic mass is 10.2. The number of ether oxygens (including phenoxy) is 1. The van der Waals surface area contributed by atoms with Crippen LogP contribution in [0, 0.1) is 0 Å². The first-order valence-corrected chi connectivity index (χ1v) is 9.66. The quantitative estimate of drug-likeness (QED) is 0.640. The van der Waals surface area contributed by atoms with E-state index < -0.39 is 0 Å². The molecule has 0 saturated carbocycles. The summed E-state index contributed by atoms with van der Waals surface area (Å²) >= 11 is 7.42. The summed E-state index contributed by atoms with van der Waals surface area (Å²) in [6.07, 6.45) is 0. The lowest BCUT2D eigenvalue weighted by molar-refractivity contribution is -0.118. The van der Waals surface area contributed by atoms with Gasteiger partial charge in [-0.2, -0.15) is 0 Å². The van der Waals surface area contributed by atoms with Crippen molar-refractivity contribution in [1.29, 1.82) is 0 Å². The highest BCUT2D eigenvalue weighted by molar-refractivity contribution is 8.00. The van der Waals surface area contributed by atoms with E-state index >= 15 is 0 Å². The number of aromatic nitrogens is 1. The van der Waals surface area contributed by atoms with Gasteiger partial charge in [-0.25, -0.2) is 0 Å². The SMILES string of the molecule is COc1ccccc1CNC(=O)CSc1cc(=O)n(C)c2ccc(Cl)cc12. The Bertz CT molecular complexity index is 1050. The number of benzene rings is 2. The van der Waals surface area contributed by atoms with Crippen molar-refractivity contribution in [2.24, 2.45) is 7.05 Å². The molecule has 3 aromatic rings. The summed E-state index contributed by atoms with van der Waals surface area (Å²) in [6, 6.07) is 14.4. The van der Waals surface area contributed by atoms with Gasteiger partial charge in [-0.3, -0.25) is 9.59 Å². The first-order chi connectivity index (χ1) is 13.0. The maximum atomic E-state index is 12.3. The van der Waals surface area contributed by atoms with E-state index in [0.29, 0.717) is 11.6 Å². The van der Waals surface area contributed by atoms with Gasteiger partial charge in [0.2, 0.25) is 5.91 Å². The Morgan fingerprint density at radius 3 is 2.78 bits per heavy atom. The predicted molar refractivity (Wildman–Crippen MR) is 110 cm³/mol. The average Bonchev–Trinajstić information content (AvgIpc) is 2.68. The molecule has 0 aliphatic rings. The second-order valence-corrected chi connectivity index (χ2v) is 7.40. The fourth-order valence-electron chi connectivity index (χ4n) is 2.76. The number of halogens is 1. The van der Waals surface area contributed by atoms with Crippen molar-refractivity contribution in [3.05, 3.63) is 69.5 Å². The van der Waals surface area contributed by atoms with Crippen LogP contribution in [0.3, 0.4) is 0 Å².